The summed E-state index contributed by atoms with van der Waals surface area (Å²) < 4.78 is 25.0. The summed E-state index contributed by atoms with van der Waals surface area (Å²) in [6.07, 6.45) is 0. The monoisotopic (exact) mass is 262 g/mol. The van der Waals surface area contributed by atoms with Crippen molar-refractivity contribution in [2.75, 3.05) is 0 Å². The second kappa shape index (κ2) is 6.33. The van der Waals surface area contributed by atoms with Gasteiger partial charge in [0.15, 0.2) is 11.1 Å². The summed E-state index contributed by atoms with van der Waals surface area (Å²) in [6, 6.07) is 17.1. The average molecular weight is 262 g/mol. The molecule has 0 aliphatic heterocycles. The average Bonchev–Trinajstić information content (AvgIpc) is 2.38. The summed E-state index contributed by atoms with van der Waals surface area (Å²) in [5, 5.41) is 0. The van der Waals surface area contributed by atoms with Crippen LogP contribution >= 0.6 is 0 Å². The first-order valence-electron chi connectivity index (χ1n) is 5.57. The largest absolute Gasteiger partial charge is 0.489 e. The van der Waals surface area contributed by atoms with Crippen molar-refractivity contribution in [3.8, 4) is 5.75 Å². The summed E-state index contributed by atoms with van der Waals surface area (Å²) in [6.45, 7) is 0.520. The van der Waals surface area contributed by atoms with Gasteiger partial charge in [0, 0.05) is 0 Å². The van der Waals surface area contributed by atoms with Gasteiger partial charge in [-0.3, -0.25) is 0 Å². The van der Waals surface area contributed by atoms with Gasteiger partial charge in [0.25, 0.3) is 0 Å². The van der Waals surface area contributed by atoms with Gasteiger partial charge in [-0.1, -0.05) is 42.5 Å². The Bertz CT molecular complexity index is 508. The van der Waals surface area contributed by atoms with Crippen LogP contribution in [0, 0.1) is 0 Å². The molecule has 2 rings (SSSR count). The van der Waals surface area contributed by atoms with E-state index in [1.807, 2.05) is 42.5 Å². The highest BCUT2D eigenvalue weighted by molar-refractivity contribution is 7.78. The summed E-state index contributed by atoms with van der Waals surface area (Å²) in [7, 11) is 0. The highest BCUT2D eigenvalue weighted by Gasteiger charge is 1.99. The maximum Gasteiger partial charge on any atom is 0.157 e. The Balaban J connectivity index is 1.92. The molecule has 18 heavy (non-hydrogen) atoms. The molecule has 0 aliphatic carbocycles. The summed E-state index contributed by atoms with van der Waals surface area (Å²) in [4.78, 5) is 0. The highest BCUT2D eigenvalue weighted by Crippen LogP contribution is 2.15. The van der Waals surface area contributed by atoms with Crippen LogP contribution in [-0.2, 0) is 23.4 Å². The van der Waals surface area contributed by atoms with E-state index in [1.54, 1.807) is 12.1 Å². The lowest BCUT2D eigenvalue weighted by Gasteiger charge is -2.06. The van der Waals surface area contributed by atoms with Crippen LogP contribution in [0.3, 0.4) is 0 Å². The van der Waals surface area contributed by atoms with Crippen LogP contribution in [0.5, 0.6) is 5.75 Å². The highest BCUT2D eigenvalue weighted by atomic mass is 32.2. The predicted octanol–water partition coefficient (Wildman–Crippen LogP) is 2.99. The molecule has 4 heteroatoms. The summed E-state index contributed by atoms with van der Waals surface area (Å²) in [5.41, 5.74) is 1.93. The zero-order valence-corrected chi connectivity index (χ0v) is 10.6. The lowest BCUT2D eigenvalue weighted by molar-refractivity contribution is 0.306. The molecule has 0 amide bonds. The van der Waals surface area contributed by atoms with E-state index in [-0.39, 0.29) is 5.75 Å². The fraction of sp³-hybridized carbons (Fsp3) is 0.143. The van der Waals surface area contributed by atoms with Gasteiger partial charge in [-0.2, -0.15) is 0 Å². The molecule has 0 bridgehead atoms. The summed E-state index contributed by atoms with van der Waals surface area (Å²) in [5.74, 6) is 0.908. The molecule has 0 radical (unpaired) electrons. The summed E-state index contributed by atoms with van der Waals surface area (Å²) >= 11 is -1.80. The number of ether oxygens (including phenoxy) is 1. The Morgan fingerprint density at radius 3 is 2.22 bits per heavy atom. The van der Waals surface area contributed by atoms with E-state index in [9.17, 15) is 4.21 Å². The lowest BCUT2D eigenvalue weighted by Crippen LogP contribution is -1.96. The maximum atomic E-state index is 10.6. The third-order valence-corrected chi connectivity index (χ3v) is 3.04. The molecule has 2 aromatic rings. The van der Waals surface area contributed by atoms with Crippen molar-refractivity contribution in [2.45, 2.75) is 12.4 Å². The third-order valence-electron chi connectivity index (χ3n) is 2.46. The number of hydrogen-bond donors (Lipinski definition) is 1. The van der Waals surface area contributed by atoms with Gasteiger partial charge in [-0.15, -0.1) is 0 Å². The number of hydrogen-bond acceptors (Lipinski definition) is 2. The molecule has 1 unspecified atom stereocenters. The number of benzene rings is 2. The molecular weight excluding hydrogens is 248 g/mol. The molecule has 0 saturated heterocycles. The van der Waals surface area contributed by atoms with Crippen LogP contribution in [0.25, 0.3) is 0 Å². The van der Waals surface area contributed by atoms with Crippen molar-refractivity contribution < 1.29 is 13.5 Å². The van der Waals surface area contributed by atoms with Gasteiger partial charge in [0.05, 0.1) is 5.75 Å². The first kappa shape index (κ1) is 12.8. The van der Waals surface area contributed by atoms with Crippen molar-refractivity contribution in [1.29, 1.82) is 0 Å². The molecule has 0 fully saturated rings. The minimum atomic E-state index is -1.80. The van der Waals surface area contributed by atoms with Crippen molar-refractivity contribution in [2.24, 2.45) is 0 Å². The molecular formula is C14H14O3S. The lowest BCUT2D eigenvalue weighted by atomic mass is 10.2. The normalized spacial score (nSPS) is 12.1. The molecule has 0 saturated carbocycles. The molecule has 0 heterocycles. The fourth-order valence-electron chi connectivity index (χ4n) is 1.57. The van der Waals surface area contributed by atoms with Crippen LogP contribution in [-0.4, -0.2) is 8.76 Å². The van der Waals surface area contributed by atoms with Gasteiger partial charge < -0.3 is 9.29 Å². The minimum Gasteiger partial charge on any atom is -0.489 e. The minimum absolute atomic E-state index is 0.152. The van der Waals surface area contributed by atoms with Crippen molar-refractivity contribution >= 4 is 11.1 Å². The second-order valence-corrected chi connectivity index (χ2v) is 4.82. The van der Waals surface area contributed by atoms with E-state index in [1.165, 1.54) is 0 Å². The van der Waals surface area contributed by atoms with Crippen LogP contribution in [0.1, 0.15) is 11.1 Å². The smallest absolute Gasteiger partial charge is 0.157 e. The van der Waals surface area contributed by atoms with Gasteiger partial charge in [0.2, 0.25) is 0 Å². The van der Waals surface area contributed by atoms with E-state index >= 15 is 0 Å². The Labute approximate surface area is 109 Å². The maximum absolute atomic E-state index is 10.6. The van der Waals surface area contributed by atoms with Crippen LogP contribution in [0.2, 0.25) is 0 Å². The molecule has 1 atom stereocenters. The van der Waals surface area contributed by atoms with Crippen LogP contribution in [0.4, 0.5) is 0 Å². The number of rotatable bonds is 5. The molecule has 0 aromatic heterocycles. The molecule has 1 N–H and O–H groups in total. The molecule has 0 spiro atoms. The van der Waals surface area contributed by atoms with E-state index in [4.69, 9.17) is 9.29 Å². The fourth-order valence-corrected chi connectivity index (χ4v) is 2.04. The van der Waals surface area contributed by atoms with E-state index < -0.39 is 11.1 Å². The topological polar surface area (TPSA) is 46.5 Å². The predicted molar refractivity (Wildman–Crippen MR) is 71.7 cm³/mol. The van der Waals surface area contributed by atoms with Crippen LogP contribution < -0.4 is 4.74 Å². The van der Waals surface area contributed by atoms with Crippen molar-refractivity contribution in [3.63, 3.8) is 0 Å². The Hall–Kier alpha value is -1.65. The van der Waals surface area contributed by atoms with Crippen molar-refractivity contribution in [1.82, 2.24) is 0 Å². The van der Waals surface area contributed by atoms with Crippen LogP contribution in [0.15, 0.2) is 54.6 Å². The third kappa shape index (κ3) is 3.98. The zero-order valence-electron chi connectivity index (χ0n) is 9.78. The standard InChI is InChI=1S/C14H14O3S/c15-18(16)11-13-6-8-14(9-7-13)17-10-12-4-2-1-3-5-12/h1-9H,10-11H2,(H,15,16). The molecule has 2 aromatic carbocycles. The van der Waals surface area contributed by atoms with E-state index in [0.717, 1.165) is 16.9 Å². The molecule has 0 aliphatic rings. The van der Waals surface area contributed by atoms with E-state index in [2.05, 4.69) is 0 Å². The first-order valence-corrected chi connectivity index (χ1v) is 6.85. The van der Waals surface area contributed by atoms with Crippen molar-refractivity contribution in [3.05, 3.63) is 65.7 Å². The first-order chi connectivity index (χ1) is 8.74. The van der Waals surface area contributed by atoms with E-state index in [0.29, 0.717) is 6.61 Å². The quantitative estimate of drug-likeness (QED) is 0.843. The van der Waals surface area contributed by atoms with Gasteiger partial charge in [-0.05, 0) is 23.3 Å². The Morgan fingerprint density at radius 2 is 1.61 bits per heavy atom. The van der Waals surface area contributed by atoms with Gasteiger partial charge >= 0.3 is 0 Å². The Kier molecular flexibility index (Phi) is 4.50. The van der Waals surface area contributed by atoms with Gasteiger partial charge in [0.1, 0.15) is 12.4 Å². The molecule has 94 valence electrons. The SMILES string of the molecule is O=S(O)Cc1ccc(OCc2ccccc2)cc1. The zero-order chi connectivity index (χ0) is 12.8. The molecule has 3 nitrogen and oxygen atoms in total. The van der Waals surface area contributed by atoms with Gasteiger partial charge in [-0.25, -0.2) is 4.21 Å². The second-order valence-electron chi connectivity index (χ2n) is 3.88. The Morgan fingerprint density at radius 1 is 0.944 bits per heavy atom.